The molecule has 1 aliphatic heterocycles. The van der Waals surface area contributed by atoms with Crippen LogP contribution in [0.15, 0.2) is 53.6 Å². The van der Waals surface area contributed by atoms with E-state index >= 15 is 0 Å². The molecule has 1 saturated heterocycles. The maximum atomic E-state index is 12.4. The molecule has 0 radical (unpaired) electrons. The van der Waals surface area contributed by atoms with E-state index < -0.39 is 5.69 Å². The third-order valence-electron chi connectivity index (χ3n) is 4.15. The molecule has 2 aromatic rings. The predicted octanol–water partition coefficient (Wildman–Crippen LogP) is 1.45. The van der Waals surface area contributed by atoms with Gasteiger partial charge in [0.05, 0.1) is 12.7 Å². The van der Waals surface area contributed by atoms with Gasteiger partial charge in [0, 0.05) is 25.5 Å². The number of hydrogen-bond acceptors (Lipinski definition) is 4. The van der Waals surface area contributed by atoms with Crippen LogP contribution in [0.3, 0.4) is 0 Å². The van der Waals surface area contributed by atoms with E-state index in [4.69, 9.17) is 4.74 Å². The van der Waals surface area contributed by atoms with Gasteiger partial charge in [-0.15, -0.1) is 0 Å². The number of nitrogens with zero attached hydrogens (tertiary/aromatic N) is 3. The molecule has 3 rings (SSSR count). The zero-order chi connectivity index (χ0) is 16.8. The number of ether oxygens (including phenoxy) is 1. The van der Waals surface area contributed by atoms with Crippen molar-refractivity contribution in [3.63, 3.8) is 0 Å². The number of aromatic nitrogens is 2. The van der Waals surface area contributed by atoms with Crippen molar-refractivity contribution in [3.8, 4) is 0 Å². The van der Waals surface area contributed by atoms with Gasteiger partial charge in [0.1, 0.15) is 6.54 Å². The van der Waals surface area contributed by atoms with Crippen molar-refractivity contribution in [1.82, 2.24) is 14.5 Å². The zero-order valence-electron chi connectivity index (χ0n) is 13.5. The summed E-state index contributed by atoms with van der Waals surface area (Å²) in [6, 6.07) is 11.7. The fourth-order valence-corrected chi connectivity index (χ4v) is 2.84. The highest BCUT2D eigenvalue weighted by atomic mass is 16.5. The molecule has 0 bridgehead atoms. The number of amides is 1. The molecule has 0 spiro atoms. The summed E-state index contributed by atoms with van der Waals surface area (Å²) in [5.41, 5.74) is 0.725. The van der Waals surface area contributed by atoms with Gasteiger partial charge < -0.3 is 9.64 Å². The second-order valence-corrected chi connectivity index (χ2v) is 5.93. The normalized spacial score (nSPS) is 17.7. The van der Waals surface area contributed by atoms with E-state index in [1.54, 1.807) is 17.2 Å². The second-order valence-electron chi connectivity index (χ2n) is 5.93. The molecule has 1 aromatic heterocycles. The third kappa shape index (κ3) is 4.29. The Morgan fingerprint density at radius 2 is 2.08 bits per heavy atom. The van der Waals surface area contributed by atoms with Gasteiger partial charge in [0.25, 0.3) is 0 Å². The lowest BCUT2D eigenvalue weighted by Crippen LogP contribution is -2.45. The average molecular weight is 327 g/mol. The van der Waals surface area contributed by atoms with Gasteiger partial charge in [-0.2, -0.15) is 0 Å². The van der Waals surface area contributed by atoms with E-state index in [0.717, 1.165) is 18.4 Å². The van der Waals surface area contributed by atoms with E-state index in [1.807, 2.05) is 30.3 Å². The Morgan fingerprint density at radius 1 is 1.25 bits per heavy atom. The number of piperidine rings is 1. The van der Waals surface area contributed by atoms with Crippen LogP contribution in [0.1, 0.15) is 18.4 Å². The Kier molecular flexibility index (Phi) is 5.38. The Hall–Kier alpha value is -2.47. The number of likely N-dealkylation sites (tertiary alicyclic amines) is 1. The summed E-state index contributed by atoms with van der Waals surface area (Å²) >= 11 is 0. The van der Waals surface area contributed by atoms with Gasteiger partial charge in [0.15, 0.2) is 0 Å². The summed E-state index contributed by atoms with van der Waals surface area (Å²) in [5.74, 6) is -0.0712. The molecular formula is C18H21N3O3. The van der Waals surface area contributed by atoms with Crippen molar-refractivity contribution in [2.75, 3.05) is 13.1 Å². The van der Waals surface area contributed by atoms with Crippen molar-refractivity contribution >= 4 is 5.91 Å². The van der Waals surface area contributed by atoms with Crippen molar-refractivity contribution in [2.24, 2.45) is 0 Å². The molecule has 1 aliphatic rings. The molecule has 0 saturated carbocycles. The summed E-state index contributed by atoms with van der Waals surface area (Å²) in [6.07, 6.45) is 4.91. The Bertz CT molecular complexity index is 730. The van der Waals surface area contributed by atoms with Gasteiger partial charge in [-0.05, 0) is 24.5 Å². The number of carbonyl (C=O) groups is 1. The number of carbonyl (C=O) groups excluding carboxylic acids is 1. The minimum atomic E-state index is -0.403. The SMILES string of the molecule is O=C(Cn1cccnc1=O)N1CCC[C@@H](OCc2ccccc2)C1. The van der Waals surface area contributed by atoms with Crippen LogP contribution >= 0.6 is 0 Å². The van der Waals surface area contributed by atoms with Crippen LogP contribution < -0.4 is 5.69 Å². The number of rotatable bonds is 5. The van der Waals surface area contributed by atoms with Crippen molar-refractivity contribution < 1.29 is 9.53 Å². The molecule has 6 heteroatoms. The van der Waals surface area contributed by atoms with Crippen LogP contribution in [0, 0.1) is 0 Å². The second kappa shape index (κ2) is 7.88. The summed E-state index contributed by atoms with van der Waals surface area (Å²) in [7, 11) is 0. The molecular weight excluding hydrogens is 306 g/mol. The van der Waals surface area contributed by atoms with E-state index in [0.29, 0.717) is 19.7 Å². The first-order chi connectivity index (χ1) is 11.7. The van der Waals surface area contributed by atoms with Crippen LogP contribution in [-0.4, -0.2) is 39.6 Å². The molecule has 1 aromatic carbocycles. The quantitative estimate of drug-likeness (QED) is 0.834. The standard InChI is InChI=1S/C18H21N3O3/c22-17(13-21-11-5-9-19-18(21)23)20-10-4-8-16(12-20)24-14-15-6-2-1-3-7-15/h1-3,5-7,9,11,16H,4,8,10,12-14H2/t16-/m1/s1. The average Bonchev–Trinajstić information content (AvgIpc) is 2.63. The lowest BCUT2D eigenvalue weighted by molar-refractivity contribution is -0.136. The maximum absolute atomic E-state index is 12.4. The summed E-state index contributed by atoms with van der Waals surface area (Å²) in [4.78, 5) is 29.5. The lowest BCUT2D eigenvalue weighted by Gasteiger charge is -2.32. The topological polar surface area (TPSA) is 64.4 Å². The predicted molar refractivity (Wildman–Crippen MR) is 89.3 cm³/mol. The van der Waals surface area contributed by atoms with Crippen molar-refractivity contribution in [1.29, 1.82) is 0 Å². The number of hydrogen-bond donors (Lipinski definition) is 0. The molecule has 126 valence electrons. The lowest BCUT2D eigenvalue weighted by atomic mass is 10.1. The minimum Gasteiger partial charge on any atom is -0.372 e. The van der Waals surface area contributed by atoms with Crippen molar-refractivity contribution in [2.45, 2.75) is 32.1 Å². The van der Waals surface area contributed by atoms with E-state index in [9.17, 15) is 9.59 Å². The molecule has 1 amide bonds. The first-order valence-corrected chi connectivity index (χ1v) is 8.17. The van der Waals surface area contributed by atoms with Crippen LogP contribution in [0.25, 0.3) is 0 Å². The summed E-state index contributed by atoms with van der Waals surface area (Å²) in [6.45, 7) is 1.85. The van der Waals surface area contributed by atoms with E-state index in [1.165, 1.54) is 10.8 Å². The van der Waals surface area contributed by atoms with E-state index in [-0.39, 0.29) is 18.6 Å². The van der Waals surface area contributed by atoms with Crippen LogP contribution in [0.4, 0.5) is 0 Å². The third-order valence-corrected chi connectivity index (χ3v) is 4.15. The molecule has 0 aliphatic carbocycles. The van der Waals surface area contributed by atoms with Gasteiger partial charge >= 0.3 is 5.69 Å². The molecule has 24 heavy (non-hydrogen) atoms. The fourth-order valence-electron chi connectivity index (χ4n) is 2.84. The zero-order valence-corrected chi connectivity index (χ0v) is 13.5. The van der Waals surface area contributed by atoms with Crippen molar-refractivity contribution in [3.05, 3.63) is 64.8 Å². The van der Waals surface area contributed by atoms with Crippen LogP contribution in [0.2, 0.25) is 0 Å². The highest BCUT2D eigenvalue weighted by molar-refractivity contribution is 5.76. The van der Waals surface area contributed by atoms with Gasteiger partial charge in [-0.1, -0.05) is 30.3 Å². The molecule has 1 atom stereocenters. The van der Waals surface area contributed by atoms with Gasteiger partial charge in [-0.25, -0.2) is 9.78 Å². The minimum absolute atomic E-state index is 0.0259. The largest absolute Gasteiger partial charge is 0.372 e. The first kappa shape index (κ1) is 16.4. The highest BCUT2D eigenvalue weighted by Crippen LogP contribution is 2.15. The summed E-state index contributed by atoms with van der Waals surface area (Å²) < 4.78 is 7.28. The molecule has 0 N–H and O–H groups in total. The monoisotopic (exact) mass is 327 g/mol. The molecule has 1 fully saturated rings. The highest BCUT2D eigenvalue weighted by Gasteiger charge is 2.24. The molecule has 6 nitrogen and oxygen atoms in total. The molecule has 0 unspecified atom stereocenters. The Labute approximate surface area is 140 Å². The Morgan fingerprint density at radius 3 is 2.88 bits per heavy atom. The summed E-state index contributed by atoms with van der Waals surface area (Å²) in [5, 5.41) is 0. The van der Waals surface area contributed by atoms with Crippen LogP contribution in [-0.2, 0) is 22.7 Å². The number of benzene rings is 1. The van der Waals surface area contributed by atoms with Gasteiger partial charge in [0.2, 0.25) is 5.91 Å². The van der Waals surface area contributed by atoms with Crippen LogP contribution in [0.5, 0.6) is 0 Å². The Balaban J connectivity index is 1.54. The molecule has 2 heterocycles. The fraction of sp³-hybridized carbons (Fsp3) is 0.389. The first-order valence-electron chi connectivity index (χ1n) is 8.17. The smallest absolute Gasteiger partial charge is 0.347 e. The van der Waals surface area contributed by atoms with E-state index in [2.05, 4.69) is 4.98 Å². The van der Waals surface area contributed by atoms with Gasteiger partial charge in [-0.3, -0.25) is 9.36 Å². The maximum Gasteiger partial charge on any atom is 0.347 e.